The Balaban J connectivity index is 2.47. The van der Waals surface area contributed by atoms with Gasteiger partial charge in [0.25, 0.3) is 0 Å². The topological polar surface area (TPSA) is 81.7 Å². The van der Waals surface area contributed by atoms with Crippen molar-refractivity contribution in [2.45, 2.75) is 278 Å². The first-order valence-electron chi connectivity index (χ1n) is 26.8. The second-order valence-electron chi connectivity index (χ2n) is 19.3. The molecule has 1 aliphatic carbocycles. The van der Waals surface area contributed by atoms with Crippen molar-refractivity contribution < 1.29 is 14.7 Å². The van der Waals surface area contributed by atoms with Gasteiger partial charge < -0.3 is 15.7 Å². The van der Waals surface area contributed by atoms with Crippen molar-refractivity contribution in [1.82, 2.24) is 15.5 Å². The second-order valence-corrected chi connectivity index (χ2v) is 19.3. The Morgan fingerprint density at radius 2 is 0.797 bits per heavy atom. The molecule has 1 fully saturated rings. The first-order valence-corrected chi connectivity index (χ1v) is 26.8. The van der Waals surface area contributed by atoms with Crippen LogP contribution in [0.4, 0.5) is 0 Å². The lowest BCUT2D eigenvalue weighted by Gasteiger charge is -2.38. The lowest BCUT2D eigenvalue weighted by molar-refractivity contribution is -0.122. The summed E-state index contributed by atoms with van der Waals surface area (Å²) in [6, 6.07) is 0.670. The van der Waals surface area contributed by atoms with Crippen molar-refractivity contribution in [3.63, 3.8) is 0 Å². The SMILES string of the molecule is CCCCCCCCC(CCCCCC)CNC(=O)CCCCCC(CCCCCC(=O)NCC(CCCCCC)CCCCCCCC)CCN(CCO)C1CCC1. The molecule has 2 unspecified atom stereocenters. The molecule has 0 aromatic rings. The molecule has 0 saturated heterocycles. The van der Waals surface area contributed by atoms with Gasteiger partial charge in [0.2, 0.25) is 11.8 Å². The number of aliphatic hydroxyl groups is 1. The van der Waals surface area contributed by atoms with Gasteiger partial charge in [-0.3, -0.25) is 14.5 Å². The van der Waals surface area contributed by atoms with E-state index in [1.54, 1.807) is 0 Å². The van der Waals surface area contributed by atoms with Gasteiger partial charge in [0.1, 0.15) is 0 Å². The van der Waals surface area contributed by atoms with E-state index in [0.717, 1.165) is 51.9 Å². The number of rotatable bonds is 46. The number of unbranched alkanes of at least 4 members (excludes halogenated alkanes) is 20. The molecule has 0 radical (unpaired) electrons. The molecule has 0 spiro atoms. The Morgan fingerprint density at radius 1 is 0.458 bits per heavy atom. The highest BCUT2D eigenvalue weighted by atomic mass is 16.3. The van der Waals surface area contributed by atoms with Crippen LogP contribution in [0.15, 0.2) is 0 Å². The minimum atomic E-state index is 0.253. The molecule has 1 rings (SSSR count). The van der Waals surface area contributed by atoms with Crippen molar-refractivity contribution in [3.05, 3.63) is 0 Å². The number of aliphatic hydroxyl groups excluding tert-OH is 1. The van der Waals surface area contributed by atoms with Crippen LogP contribution >= 0.6 is 0 Å². The van der Waals surface area contributed by atoms with Crippen LogP contribution in [0.5, 0.6) is 0 Å². The number of hydrogen-bond acceptors (Lipinski definition) is 4. The number of hydrogen-bond donors (Lipinski definition) is 3. The Morgan fingerprint density at radius 3 is 1.15 bits per heavy atom. The van der Waals surface area contributed by atoms with Gasteiger partial charge in [-0.15, -0.1) is 0 Å². The van der Waals surface area contributed by atoms with E-state index in [-0.39, 0.29) is 18.4 Å². The molecule has 3 N–H and O–H groups in total. The monoisotopic (exact) mass is 832 g/mol. The third-order valence-electron chi connectivity index (χ3n) is 13.9. The van der Waals surface area contributed by atoms with Gasteiger partial charge in [0, 0.05) is 38.5 Å². The van der Waals surface area contributed by atoms with Gasteiger partial charge >= 0.3 is 0 Å². The summed E-state index contributed by atoms with van der Waals surface area (Å²) in [5.41, 5.74) is 0. The molecule has 2 atom stereocenters. The molecule has 0 aromatic carbocycles. The van der Waals surface area contributed by atoms with E-state index in [1.165, 1.54) is 205 Å². The average Bonchev–Trinajstić information content (AvgIpc) is 3.21. The number of nitrogens with one attached hydrogen (secondary N) is 2. The minimum Gasteiger partial charge on any atom is -0.395 e. The first-order chi connectivity index (χ1) is 29.0. The van der Waals surface area contributed by atoms with E-state index in [9.17, 15) is 14.7 Å². The van der Waals surface area contributed by atoms with Crippen LogP contribution in [0.3, 0.4) is 0 Å². The van der Waals surface area contributed by atoms with Crippen molar-refractivity contribution in [3.8, 4) is 0 Å². The van der Waals surface area contributed by atoms with Crippen molar-refractivity contribution in [1.29, 1.82) is 0 Å². The van der Waals surface area contributed by atoms with Crippen LogP contribution in [0.1, 0.15) is 272 Å². The van der Waals surface area contributed by atoms with Crippen LogP contribution in [-0.4, -0.2) is 60.6 Å². The normalized spacial score (nSPS) is 14.7. The Kier molecular flexibility index (Phi) is 39.9. The average molecular weight is 832 g/mol. The summed E-state index contributed by atoms with van der Waals surface area (Å²) in [7, 11) is 0. The van der Waals surface area contributed by atoms with Gasteiger partial charge in [0.15, 0.2) is 0 Å². The maximum Gasteiger partial charge on any atom is 0.220 e. The molecule has 2 amide bonds. The van der Waals surface area contributed by atoms with Gasteiger partial charge in [-0.2, -0.15) is 0 Å². The predicted octanol–water partition coefficient (Wildman–Crippen LogP) is 14.6. The highest BCUT2D eigenvalue weighted by Crippen LogP contribution is 2.28. The van der Waals surface area contributed by atoms with E-state index in [2.05, 4.69) is 43.2 Å². The number of amides is 2. The summed E-state index contributed by atoms with van der Waals surface area (Å²) in [5.74, 6) is 2.48. The van der Waals surface area contributed by atoms with Gasteiger partial charge in [-0.25, -0.2) is 0 Å². The quantitative estimate of drug-likeness (QED) is 0.0534. The van der Waals surface area contributed by atoms with Crippen LogP contribution in [0, 0.1) is 17.8 Å². The maximum atomic E-state index is 12.9. The summed E-state index contributed by atoms with van der Waals surface area (Å²) in [6.07, 6.45) is 47.2. The summed E-state index contributed by atoms with van der Waals surface area (Å²) in [4.78, 5) is 28.4. The minimum absolute atomic E-state index is 0.253. The standard InChI is InChI=1S/C53H105N3O3/c1-5-9-13-17-19-25-36-49(34-23-15-11-7-3)46-54-52(58)40-29-21-27-32-48(42-43-56(44-45-57)51-38-31-39-51)33-28-22-30-41-53(59)55-47-50(35-24-16-12-8-4)37-26-20-18-14-10-6-2/h48-51,57H,5-47H2,1-4H3,(H,54,58)(H,55,59). The molecule has 0 bridgehead atoms. The highest BCUT2D eigenvalue weighted by Gasteiger charge is 2.25. The molecular weight excluding hydrogens is 727 g/mol. The third kappa shape index (κ3) is 34.1. The van der Waals surface area contributed by atoms with Crippen LogP contribution < -0.4 is 10.6 Å². The number of nitrogens with zero attached hydrogens (tertiary/aromatic N) is 1. The van der Waals surface area contributed by atoms with E-state index >= 15 is 0 Å². The number of carbonyl (C=O) groups excluding carboxylic acids is 2. The lowest BCUT2D eigenvalue weighted by atomic mass is 9.89. The van der Waals surface area contributed by atoms with E-state index in [1.807, 2.05) is 0 Å². The first kappa shape index (κ1) is 55.9. The fourth-order valence-electron chi connectivity index (χ4n) is 9.47. The Labute approximate surface area is 369 Å². The molecular formula is C53H105N3O3. The fourth-order valence-corrected chi connectivity index (χ4v) is 9.47. The highest BCUT2D eigenvalue weighted by molar-refractivity contribution is 5.76. The zero-order valence-electron chi connectivity index (χ0n) is 40.4. The fraction of sp³-hybridized carbons (Fsp3) is 0.962. The summed E-state index contributed by atoms with van der Waals surface area (Å²) in [6.45, 7) is 13.0. The molecule has 0 heterocycles. The Bertz CT molecular complexity index is 852. The maximum absolute atomic E-state index is 12.9. The molecule has 0 aliphatic heterocycles. The molecule has 59 heavy (non-hydrogen) atoms. The smallest absolute Gasteiger partial charge is 0.220 e. The number of carbonyl (C=O) groups is 2. The molecule has 6 nitrogen and oxygen atoms in total. The molecule has 0 aromatic heterocycles. The summed E-state index contributed by atoms with van der Waals surface area (Å²) < 4.78 is 0. The van der Waals surface area contributed by atoms with Gasteiger partial charge in [0.05, 0.1) is 6.61 Å². The molecule has 1 aliphatic rings. The van der Waals surface area contributed by atoms with Crippen LogP contribution in [0.25, 0.3) is 0 Å². The van der Waals surface area contributed by atoms with Crippen molar-refractivity contribution >= 4 is 11.8 Å². The zero-order chi connectivity index (χ0) is 42.9. The van der Waals surface area contributed by atoms with E-state index in [4.69, 9.17) is 0 Å². The van der Waals surface area contributed by atoms with Crippen LogP contribution in [0.2, 0.25) is 0 Å². The molecule has 1 saturated carbocycles. The van der Waals surface area contributed by atoms with Crippen molar-refractivity contribution in [2.24, 2.45) is 17.8 Å². The zero-order valence-corrected chi connectivity index (χ0v) is 40.4. The van der Waals surface area contributed by atoms with Gasteiger partial charge in [-0.1, -0.05) is 201 Å². The molecule has 6 heteroatoms. The van der Waals surface area contributed by atoms with E-state index < -0.39 is 0 Å². The Hall–Kier alpha value is -1.14. The second kappa shape index (κ2) is 42.2. The van der Waals surface area contributed by atoms with Crippen LogP contribution in [-0.2, 0) is 9.59 Å². The largest absolute Gasteiger partial charge is 0.395 e. The lowest BCUT2D eigenvalue weighted by Crippen LogP contribution is -2.42. The summed E-state index contributed by atoms with van der Waals surface area (Å²) >= 11 is 0. The van der Waals surface area contributed by atoms with Gasteiger partial charge in [-0.05, 0) is 82.1 Å². The predicted molar refractivity (Wildman–Crippen MR) is 257 cm³/mol. The third-order valence-corrected chi connectivity index (χ3v) is 13.9. The molecule has 350 valence electrons. The van der Waals surface area contributed by atoms with E-state index in [0.29, 0.717) is 36.6 Å². The van der Waals surface area contributed by atoms with Crippen molar-refractivity contribution in [2.75, 3.05) is 32.8 Å². The summed E-state index contributed by atoms with van der Waals surface area (Å²) in [5, 5.41) is 16.4.